The van der Waals surface area contributed by atoms with Gasteiger partial charge in [0, 0.05) is 23.6 Å². The van der Waals surface area contributed by atoms with Crippen molar-refractivity contribution in [3.63, 3.8) is 0 Å². The summed E-state index contributed by atoms with van der Waals surface area (Å²) in [7, 11) is 3.02. The van der Waals surface area contributed by atoms with Crippen LogP contribution in [0.15, 0.2) is 59.1 Å². The molecule has 1 heterocycles. The van der Waals surface area contributed by atoms with Gasteiger partial charge >= 0.3 is 5.97 Å². The van der Waals surface area contributed by atoms with Crippen molar-refractivity contribution in [2.45, 2.75) is 19.4 Å². The van der Waals surface area contributed by atoms with Gasteiger partial charge in [0.25, 0.3) is 0 Å². The highest BCUT2D eigenvalue weighted by Gasteiger charge is 2.14. The van der Waals surface area contributed by atoms with Gasteiger partial charge in [0.1, 0.15) is 12.3 Å². The summed E-state index contributed by atoms with van der Waals surface area (Å²) < 4.78 is 20.8. The number of carbonyl (C=O) groups excluding carboxylic acids is 2. The molecule has 0 fully saturated rings. The maximum Gasteiger partial charge on any atom is 0.306 e. The van der Waals surface area contributed by atoms with Crippen molar-refractivity contribution >= 4 is 11.8 Å². The summed E-state index contributed by atoms with van der Waals surface area (Å²) in [6.07, 6.45) is -0.00102. The van der Waals surface area contributed by atoms with E-state index in [1.165, 1.54) is 14.2 Å². The van der Waals surface area contributed by atoms with Crippen molar-refractivity contribution in [2.24, 2.45) is 0 Å². The summed E-state index contributed by atoms with van der Waals surface area (Å²) in [6, 6.07) is 16.1. The summed E-state index contributed by atoms with van der Waals surface area (Å²) in [5.41, 5.74) is 1.83. The first-order valence-corrected chi connectivity index (χ1v) is 9.02. The zero-order chi connectivity index (χ0) is 20.6. The fraction of sp³-hybridized carbons (Fsp3) is 0.227. The molecule has 0 spiro atoms. The molecule has 0 saturated carbocycles. The zero-order valence-electron chi connectivity index (χ0n) is 16.2. The Morgan fingerprint density at radius 1 is 0.931 bits per heavy atom. The number of benzene rings is 2. The van der Waals surface area contributed by atoms with Crippen LogP contribution in [-0.4, -0.2) is 31.1 Å². The molecule has 0 bridgehead atoms. The van der Waals surface area contributed by atoms with E-state index >= 15 is 0 Å². The molecule has 7 heteroatoms. The van der Waals surface area contributed by atoms with E-state index in [1.54, 1.807) is 24.3 Å². The Labute approximate surface area is 168 Å². The second kappa shape index (κ2) is 9.54. The summed E-state index contributed by atoms with van der Waals surface area (Å²) >= 11 is 0. The lowest BCUT2D eigenvalue weighted by atomic mass is 10.1. The van der Waals surface area contributed by atoms with Crippen molar-refractivity contribution in [1.29, 1.82) is 0 Å². The summed E-state index contributed by atoms with van der Waals surface area (Å²) in [6.45, 7) is -0.0142. The third-order valence-corrected chi connectivity index (χ3v) is 4.26. The maximum atomic E-state index is 12.3. The van der Waals surface area contributed by atoms with Gasteiger partial charge in [-0.15, -0.1) is 0 Å². The van der Waals surface area contributed by atoms with Crippen LogP contribution in [0.25, 0.3) is 11.3 Å². The van der Waals surface area contributed by atoms with Gasteiger partial charge in [0.2, 0.25) is 0 Å². The number of ether oxygens (including phenoxy) is 3. The van der Waals surface area contributed by atoms with Gasteiger partial charge in [0.05, 0.1) is 20.6 Å². The van der Waals surface area contributed by atoms with Crippen LogP contribution >= 0.6 is 0 Å². The number of hydrogen-bond donors (Lipinski definition) is 0. The molecule has 0 aliphatic rings. The number of aromatic nitrogens is 1. The van der Waals surface area contributed by atoms with Crippen LogP contribution in [0.5, 0.6) is 11.5 Å². The highest BCUT2D eigenvalue weighted by Crippen LogP contribution is 2.28. The molecule has 0 saturated heterocycles. The van der Waals surface area contributed by atoms with E-state index in [9.17, 15) is 9.59 Å². The van der Waals surface area contributed by atoms with Crippen LogP contribution in [0.1, 0.15) is 28.9 Å². The molecule has 3 rings (SSSR count). The fourth-order valence-electron chi connectivity index (χ4n) is 2.71. The summed E-state index contributed by atoms with van der Waals surface area (Å²) in [5, 5.41) is 3.90. The first-order chi connectivity index (χ1) is 14.1. The number of methoxy groups -OCH3 is 2. The SMILES string of the molecule is COc1ccc(C(=O)CCC(=O)OCc2cc(-c3ccccc3)on2)cc1OC. The van der Waals surface area contributed by atoms with E-state index in [0.29, 0.717) is 28.5 Å². The average Bonchev–Trinajstić information content (AvgIpc) is 3.25. The predicted molar refractivity (Wildman–Crippen MR) is 105 cm³/mol. The van der Waals surface area contributed by atoms with E-state index in [-0.39, 0.29) is 25.2 Å². The van der Waals surface area contributed by atoms with Crippen LogP contribution in [-0.2, 0) is 16.1 Å². The minimum atomic E-state index is -0.483. The number of Topliss-reactive ketones (excluding diaryl/α,β-unsaturated/α-hetero) is 1. The molecule has 0 aliphatic heterocycles. The summed E-state index contributed by atoms with van der Waals surface area (Å²) in [5.74, 6) is 0.922. The van der Waals surface area contributed by atoms with Crippen molar-refractivity contribution in [1.82, 2.24) is 5.16 Å². The molecule has 0 radical (unpaired) electrons. The van der Waals surface area contributed by atoms with Crippen LogP contribution < -0.4 is 9.47 Å². The van der Waals surface area contributed by atoms with E-state index in [0.717, 1.165) is 5.56 Å². The highest BCUT2D eigenvalue weighted by atomic mass is 16.5. The van der Waals surface area contributed by atoms with Crippen molar-refractivity contribution in [3.05, 3.63) is 65.9 Å². The summed E-state index contributed by atoms with van der Waals surface area (Å²) in [4.78, 5) is 24.3. The molecule has 150 valence electrons. The van der Waals surface area contributed by atoms with Crippen molar-refractivity contribution < 1.29 is 28.3 Å². The molecule has 0 atom stereocenters. The first kappa shape index (κ1) is 20.1. The van der Waals surface area contributed by atoms with Crippen LogP contribution in [0.4, 0.5) is 0 Å². The molecule has 1 aromatic heterocycles. The number of rotatable bonds is 9. The zero-order valence-corrected chi connectivity index (χ0v) is 16.2. The number of esters is 1. The minimum Gasteiger partial charge on any atom is -0.493 e. The molecular formula is C22H21NO6. The monoisotopic (exact) mass is 395 g/mol. The van der Waals surface area contributed by atoms with Crippen LogP contribution in [0, 0.1) is 0 Å². The topological polar surface area (TPSA) is 87.9 Å². The lowest BCUT2D eigenvalue weighted by Gasteiger charge is -2.09. The molecule has 0 N–H and O–H groups in total. The second-order valence-electron chi connectivity index (χ2n) is 6.20. The minimum absolute atomic E-state index is 0.0142. The molecule has 0 unspecified atom stereocenters. The molecule has 0 aliphatic carbocycles. The highest BCUT2D eigenvalue weighted by molar-refractivity contribution is 5.98. The number of nitrogens with zero attached hydrogens (tertiary/aromatic N) is 1. The normalized spacial score (nSPS) is 10.4. The van der Waals surface area contributed by atoms with Gasteiger partial charge in [-0.25, -0.2) is 0 Å². The second-order valence-corrected chi connectivity index (χ2v) is 6.20. The van der Waals surface area contributed by atoms with Gasteiger partial charge in [-0.3, -0.25) is 9.59 Å². The quantitative estimate of drug-likeness (QED) is 0.399. The standard InChI is InChI=1S/C22H21NO6/c1-26-19-10-8-16(12-21(19)27-2)18(24)9-11-22(25)28-14-17-13-20(29-23-17)15-6-4-3-5-7-15/h3-8,10,12-13H,9,11,14H2,1-2H3. The predicted octanol–water partition coefficient (Wildman–Crippen LogP) is 4.07. The maximum absolute atomic E-state index is 12.3. The van der Waals surface area contributed by atoms with Gasteiger partial charge < -0.3 is 18.7 Å². The van der Waals surface area contributed by atoms with Crippen molar-refractivity contribution in [3.8, 4) is 22.8 Å². The van der Waals surface area contributed by atoms with E-state index in [2.05, 4.69) is 5.16 Å². The van der Waals surface area contributed by atoms with E-state index in [1.807, 2.05) is 30.3 Å². The number of carbonyl (C=O) groups is 2. The lowest BCUT2D eigenvalue weighted by molar-refractivity contribution is -0.145. The molecule has 2 aromatic carbocycles. The van der Waals surface area contributed by atoms with Gasteiger partial charge in [-0.1, -0.05) is 35.5 Å². The Hall–Kier alpha value is -3.61. The largest absolute Gasteiger partial charge is 0.493 e. The Balaban J connectivity index is 1.49. The third-order valence-electron chi connectivity index (χ3n) is 4.26. The molecule has 29 heavy (non-hydrogen) atoms. The average molecular weight is 395 g/mol. The fourth-order valence-corrected chi connectivity index (χ4v) is 2.71. The van der Waals surface area contributed by atoms with E-state index in [4.69, 9.17) is 18.7 Å². The Bertz CT molecular complexity index is 980. The third kappa shape index (κ3) is 5.22. The van der Waals surface area contributed by atoms with Crippen LogP contribution in [0.3, 0.4) is 0 Å². The Morgan fingerprint density at radius 2 is 1.69 bits per heavy atom. The lowest BCUT2D eigenvalue weighted by Crippen LogP contribution is -2.08. The molecule has 7 nitrogen and oxygen atoms in total. The molecular weight excluding hydrogens is 374 g/mol. The van der Waals surface area contributed by atoms with Gasteiger partial charge in [-0.05, 0) is 18.2 Å². The van der Waals surface area contributed by atoms with Gasteiger partial charge in [0.15, 0.2) is 23.0 Å². The smallest absolute Gasteiger partial charge is 0.306 e. The number of ketones is 1. The first-order valence-electron chi connectivity index (χ1n) is 9.02. The Morgan fingerprint density at radius 3 is 2.41 bits per heavy atom. The van der Waals surface area contributed by atoms with Gasteiger partial charge in [-0.2, -0.15) is 0 Å². The van der Waals surface area contributed by atoms with Crippen LogP contribution in [0.2, 0.25) is 0 Å². The molecule has 0 amide bonds. The molecule has 3 aromatic rings. The van der Waals surface area contributed by atoms with Crippen molar-refractivity contribution in [2.75, 3.05) is 14.2 Å². The number of hydrogen-bond acceptors (Lipinski definition) is 7. The Kier molecular flexibility index (Phi) is 6.63. The van der Waals surface area contributed by atoms with E-state index < -0.39 is 5.97 Å².